The molecule has 0 aromatic carbocycles. The van der Waals surface area contributed by atoms with Gasteiger partial charge in [-0.25, -0.2) is 10.6 Å². The van der Waals surface area contributed by atoms with Crippen molar-refractivity contribution in [3.05, 3.63) is 0 Å². The highest BCUT2D eigenvalue weighted by molar-refractivity contribution is 6.11. The minimum atomic E-state index is -0.707. The van der Waals surface area contributed by atoms with E-state index in [0.29, 0.717) is 6.42 Å². The molecule has 1 fully saturated rings. The van der Waals surface area contributed by atoms with Gasteiger partial charge in [0.05, 0.1) is 6.61 Å². The van der Waals surface area contributed by atoms with Gasteiger partial charge < -0.3 is 14.6 Å². The second kappa shape index (κ2) is 4.45. The molecule has 0 spiro atoms. The highest BCUT2D eigenvalue weighted by Gasteiger charge is 2.34. The molecule has 0 aliphatic carbocycles. The Labute approximate surface area is 76.8 Å². The molecule has 0 aromatic heterocycles. The van der Waals surface area contributed by atoms with E-state index in [1.54, 1.807) is 0 Å². The molecule has 0 saturated carbocycles. The van der Waals surface area contributed by atoms with Crippen molar-refractivity contribution >= 4 is 13.9 Å². The van der Waals surface area contributed by atoms with Gasteiger partial charge in [0.25, 0.3) is 0 Å². The number of carbonyl (C=O) groups is 1. The average Bonchev–Trinajstić information content (AvgIpc) is 2.46. The molecule has 13 heavy (non-hydrogen) atoms. The lowest BCUT2D eigenvalue weighted by Gasteiger charge is -2.16. The van der Waals surface area contributed by atoms with Gasteiger partial charge >= 0.3 is 6.09 Å². The van der Waals surface area contributed by atoms with Crippen LogP contribution in [0, 0.1) is 0 Å². The van der Waals surface area contributed by atoms with Crippen LogP contribution in [-0.2, 0) is 9.47 Å². The Morgan fingerprint density at radius 1 is 1.85 bits per heavy atom. The first-order valence-corrected chi connectivity index (χ1v) is 4.11. The third-order valence-corrected chi connectivity index (χ3v) is 1.94. The van der Waals surface area contributed by atoms with E-state index in [1.807, 2.05) is 13.3 Å². The molecule has 1 saturated heterocycles. The van der Waals surface area contributed by atoms with E-state index in [-0.39, 0.29) is 12.6 Å². The van der Waals surface area contributed by atoms with E-state index in [1.165, 1.54) is 0 Å². The molecule has 4 N–H and O–H groups in total. The number of rotatable bonds is 2. The quantitative estimate of drug-likeness (QED) is 0.196. The first-order chi connectivity index (χ1) is 6.17. The maximum Gasteiger partial charge on any atom is 0.421 e. The minimum absolute atomic E-state index is 0.00674. The molecule has 1 heterocycles. The number of hydrazine groups is 1. The maximum atomic E-state index is 10.7. The molecule has 6 nitrogen and oxygen atoms in total. The van der Waals surface area contributed by atoms with Gasteiger partial charge in [-0.15, -0.1) is 0 Å². The molecule has 74 valence electrons. The lowest BCUT2D eigenvalue weighted by molar-refractivity contribution is -0.0116. The lowest BCUT2D eigenvalue weighted by atomic mass is 9.96. The van der Waals surface area contributed by atoms with Crippen molar-refractivity contribution in [2.24, 2.45) is 5.84 Å². The molecule has 0 bridgehead atoms. The van der Waals surface area contributed by atoms with E-state index in [9.17, 15) is 4.79 Å². The Morgan fingerprint density at radius 3 is 3.08 bits per heavy atom. The molecular weight excluding hydrogens is 175 g/mol. The van der Waals surface area contributed by atoms with E-state index >= 15 is 0 Å². The van der Waals surface area contributed by atoms with E-state index < -0.39 is 18.3 Å². The Balaban J connectivity index is 2.43. The zero-order valence-electron chi connectivity index (χ0n) is 7.40. The van der Waals surface area contributed by atoms with Crippen molar-refractivity contribution in [2.75, 3.05) is 6.61 Å². The fraction of sp³-hybridized carbons (Fsp3) is 0.833. The number of ether oxygens (including phenoxy) is 2. The smallest absolute Gasteiger partial charge is 0.421 e. The molecule has 0 radical (unpaired) electrons. The summed E-state index contributed by atoms with van der Waals surface area (Å²) in [4.78, 5) is 10.7. The molecule has 1 aliphatic heterocycles. The number of aliphatic hydroxyl groups excluding tert-OH is 1. The van der Waals surface area contributed by atoms with Crippen LogP contribution in [0.15, 0.2) is 0 Å². The SMILES string of the molecule is B[C@H]1C[C@@H](OC(=O)NN)[C@@H](CO)O1. The van der Waals surface area contributed by atoms with Crippen LogP contribution in [0.1, 0.15) is 6.42 Å². The predicted octanol–water partition coefficient (Wildman–Crippen LogP) is -2.30. The number of nitrogens with two attached hydrogens (primary N) is 1. The summed E-state index contributed by atoms with van der Waals surface area (Å²) >= 11 is 0. The van der Waals surface area contributed by atoms with Crippen LogP contribution in [0.4, 0.5) is 4.79 Å². The largest absolute Gasteiger partial charge is 0.442 e. The molecule has 3 atom stereocenters. The Kier molecular flexibility index (Phi) is 3.53. The molecule has 7 heteroatoms. The van der Waals surface area contributed by atoms with Gasteiger partial charge in [-0.05, 0) is 0 Å². The van der Waals surface area contributed by atoms with Crippen LogP contribution >= 0.6 is 0 Å². The average molecular weight is 188 g/mol. The van der Waals surface area contributed by atoms with E-state index in [0.717, 1.165) is 0 Å². The van der Waals surface area contributed by atoms with Crippen LogP contribution in [0.2, 0.25) is 0 Å². The second-order valence-corrected chi connectivity index (χ2v) is 2.99. The van der Waals surface area contributed by atoms with E-state index in [2.05, 4.69) is 0 Å². The monoisotopic (exact) mass is 188 g/mol. The van der Waals surface area contributed by atoms with Gasteiger partial charge in [-0.2, -0.15) is 0 Å². The summed E-state index contributed by atoms with van der Waals surface area (Å²) in [5.41, 5.74) is 1.85. The Bertz CT molecular complexity index is 191. The maximum absolute atomic E-state index is 10.7. The molecular formula is C6H13BN2O4. The third-order valence-electron chi connectivity index (χ3n) is 1.94. The van der Waals surface area contributed by atoms with Gasteiger partial charge in [0.15, 0.2) is 0 Å². The second-order valence-electron chi connectivity index (χ2n) is 2.99. The summed E-state index contributed by atoms with van der Waals surface area (Å²) in [5.74, 6) is 4.84. The van der Waals surface area contributed by atoms with Gasteiger partial charge in [0.2, 0.25) is 0 Å². The Morgan fingerprint density at radius 2 is 2.54 bits per heavy atom. The highest BCUT2D eigenvalue weighted by Crippen LogP contribution is 2.20. The van der Waals surface area contributed by atoms with Crippen LogP contribution in [0.3, 0.4) is 0 Å². The van der Waals surface area contributed by atoms with Crippen molar-refractivity contribution in [3.63, 3.8) is 0 Å². The van der Waals surface area contributed by atoms with Gasteiger partial charge in [-0.3, -0.25) is 5.43 Å². The summed E-state index contributed by atoms with van der Waals surface area (Å²) in [6.07, 6.45) is -0.976. The fourth-order valence-corrected chi connectivity index (χ4v) is 1.38. The standard InChI is InChI=1S/C6H13BN2O4/c7-5-1-3(4(2-10)12-5)13-6(11)9-8/h3-5,10H,1-2,7-8H2,(H,9,11)/t3-,4-,5-/m1/s1. The van der Waals surface area contributed by atoms with Gasteiger partial charge in [-0.1, -0.05) is 0 Å². The highest BCUT2D eigenvalue weighted by atomic mass is 16.6. The van der Waals surface area contributed by atoms with Crippen molar-refractivity contribution in [1.29, 1.82) is 0 Å². The fourth-order valence-electron chi connectivity index (χ4n) is 1.38. The van der Waals surface area contributed by atoms with Gasteiger partial charge in [0.1, 0.15) is 20.1 Å². The molecule has 1 amide bonds. The van der Waals surface area contributed by atoms with Crippen molar-refractivity contribution in [1.82, 2.24) is 5.43 Å². The van der Waals surface area contributed by atoms with Gasteiger partial charge in [0, 0.05) is 12.4 Å². The van der Waals surface area contributed by atoms with Crippen LogP contribution in [0.25, 0.3) is 0 Å². The predicted molar refractivity (Wildman–Crippen MR) is 46.5 cm³/mol. The van der Waals surface area contributed by atoms with E-state index in [4.69, 9.17) is 20.4 Å². The lowest BCUT2D eigenvalue weighted by Crippen LogP contribution is -2.37. The topological polar surface area (TPSA) is 93.8 Å². The summed E-state index contributed by atoms with van der Waals surface area (Å²) in [6, 6.07) is -0.00674. The summed E-state index contributed by atoms with van der Waals surface area (Å²) in [5, 5.41) is 8.87. The first-order valence-electron chi connectivity index (χ1n) is 4.11. The first kappa shape index (κ1) is 10.3. The van der Waals surface area contributed by atoms with Crippen LogP contribution < -0.4 is 11.3 Å². The van der Waals surface area contributed by atoms with Crippen LogP contribution in [0.5, 0.6) is 0 Å². The zero-order chi connectivity index (χ0) is 9.84. The van der Waals surface area contributed by atoms with Crippen LogP contribution in [-0.4, -0.2) is 43.9 Å². The molecule has 1 rings (SSSR count). The molecule has 0 unspecified atom stereocenters. The Hall–Kier alpha value is -0.785. The van der Waals surface area contributed by atoms with Crippen molar-refractivity contribution in [3.8, 4) is 0 Å². The molecule has 0 aromatic rings. The van der Waals surface area contributed by atoms with Crippen molar-refractivity contribution in [2.45, 2.75) is 24.6 Å². The summed E-state index contributed by atoms with van der Waals surface area (Å²) in [6.45, 7) is -0.160. The number of aliphatic hydroxyl groups is 1. The number of amides is 1. The molecule has 1 aliphatic rings. The minimum Gasteiger partial charge on any atom is -0.442 e. The number of hydrogen-bond donors (Lipinski definition) is 3. The third kappa shape index (κ3) is 2.58. The number of hydrogen-bond acceptors (Lipinski definition) is 5. The zero-order valence-corrected chi connectivity index (χ0v) is 7.40. The number of nitrogens with one attached hydrogen (secondary N) is 1. The van der Waals surface area contributed by atoms with Crippen molar-refractivity contribution < 1.29 is 19.4 Å². The normalized spacial score (nSPS) is 32.9. The summed E-state index contributed by atoms with van der Waals surface area (Å²) < 4.78 is 10.1. The number of carbonyl (C=O) groups excluding carboxylic acids is 1. The summed E-state index contributed by atoms with van der Waals surface area (Å²) in [7, 11) is 1.85.